The lowest BCUT2D eigenvalue weighted by Crippen LogP contribution is -2.77. The van der Waals surface area contributed by atoms with Crippen molar-refractivity contribution in [2.24, 2.45) is 16.3 Å². The Kier molecular flexibility index (Phi) is 7.57. The van der Waals surface area contributed by atoms with Gasteiger partial charge in [0.05, 0.1) is 58.3 Å². The van der Waals surface area contributed by atoms with Crippen LogP contribution in [0.25, 0.3) is 0 Å². The quantitative estimate of drug-likeness (QED) is 0.306. The van der Waals surface area contributed by atoms with Gasteiger partial charge >= 0.3 is 11.9 Å². The van der Waals surface area contributed by atoms with Crippen LogP contribution in [0.5, 0.6) is 23.0 Å². The van der Waals surface area contributed by atoms with Gasteiger partial charge in [0.15, 0.2) is 11.5 Å². The molecule has 11 nitrogen and oxygen atoms in total. The second kappa shape index (κ2) is 11.1. The molecule has 1 aliphatic carbocycles. The van der Waals surface area contributed by atoms with Crippen LogP contribution in [0, 0.1) is 11.3 Å². The number of ether oxygens (including phenoxy) is 7. The first-order valence-corrected chi connectivity index (χ1v) is 14.5. The Balaban J connectivity index is 1.54. The van der Waals surface area contributed by atoms with E-state index < -0.39 is 22.8 Å². The highest BCUT2D eigenvalue weighted by Crippen LogP contribution is 2.67. The minimum absolute atomic E-state index is 0.0654. The number of methoxy groups -OCH3 is 6. The molecule has 2 aromatic rings. The number of fused-ring (bicyclic) bond motifs is 2. The van der Waals surface area contributed by atoms with Gasteiger partial charge in [0.25, 0.3) is 0 Å². The number of carbonyl (C=O) groups is 2. The van der Waals surface area contributed by atoms with E-state index in [-0.39, 0.29) is 30.4 Å². The number of hydrogen-bond acceptors (Lipinski definition) is 11. The molecule has 44 heavy (non-hydrogen) atoms. The molecular weight excluding hydrogens is 568 g/mol. The molecule has 0 aromatic heterocycles. The Morgan fingerprint density at radius 1 is 1.00 bits per heavy atom. The summed E-state index contributed by atoms with van der Waals surface area (Å²) < 4.78 is 39.9. The zero-order valence-corrected chi connectivity index (χ0v) is 26.1. The molecule has 0 radical (unpaired) electrons. The van der Waals surface area contributed by atoms with Crippen LogP contribution in [-0.4, -0.2) is 90.6 Å². The standard InChI is InChI=1S/C33H38N2O9/c1-8-18-16-35-24-14-21(18)33(31(37)43-7,17-44-30(36)19-11-25(39-3)28(42-6)26(12-19)40-4)32(15-27(35)41-5)22-13-20(38-2)9-10-23(22)34-29(24)32/h8-13,21,24,27H,14-17H2,1-7H3/b18-8-/t21-,24?,27-,32+,33-/m0/s1. The van der Waals surface area contributed by atoms with E-state index in [0.717, 1.165) is 22.5 Å². The normalized spacial score (nSPS) is 28.9. The third kappa shape index (κ3) is 3.91. The van der Waals surface area contributed by atoms with Crippen LogP contribution in [0.4, 0.5) is 5.69 Å². The topological polar surface area (TPSA) is 114 Å². The Morgan fingerprint density at radius 2 is 1.73 bits per heavy atom. The number of rotatable bonds is 9. The molecule has 3 aliphatic heterocycles. The van der Waals surface area contributed by atoms with Crippen molar-refractivity contribution in [3.63, 3.8) is 0 Å². The molecule has 1 unspecified atom stereocenters. The minimum Gasteiger partial charge on any atom is -0.497 e. The van der Waals surface area contributed by atoms with Crippen LogP contribution in [0.15, 0.2) is 47.0 Å². The zero-order chi connectivity index (χ0) is 31.4. The van der Waals surface area contributed by atoms with E-state index in [2.05, 4.69) is 11.0 Å². The molecule has 3 fully saturated rings. The summed E-state index contributed by atoms with van der Waals surface area (Å²) in [5.41, 5.74) is 1.38. The van der Waals surface area contributed by atoms with Crippen LogP contribution < -0.4 is 18.9 Å². The summed E-state index contributed by atoms with van der Waals surface area (Å²) in [7, 11) is 9.12. The van der Waals surface area contributed by atoms with Gasteiger partial charge in [-0.3, -0.25) is 14.7 Å². The fraction of sp³-hybridized carbons (Fsp3) is 0.485. The molecule has 1 saturated carbocycles. The van der Waals surface area contributed by atoms with Crippen LogP contribution in [0.2, 0.25) is 0 Å². The van der Waals surface area contributed by atoms with Gasteiger partial charge < -0.3 is 33.2 Å². The summed E-state index contributed by atoms with van der Waals surface area (Å²) in [6.45, 7) is 2.32. The molecule has 4 aliphatic rings. The Hall–Kier alpha value is -4.09. The SMILES string of the molecule is C/C=C1/CN2C3C[C@@H]1[C@@](COC(=O)c1cc(OC)c(OC)c(OC)c1)(C(=O)OC)[C@@]1(C[C@@H]2OC)C3=Nc2ccc(OC)cc21. The second-order valence-electron chi connectivity index (χ2n) is 11.5. The summed E-state index contributed by atoms with van der Waals surface area (Å²) in [4.78, 5) is 35.9. The van der Waals surface area contributed by atoms with Crippen LogP contribution in [0.3, 0.4) is 0 Å². The predicted octanol–water partition coefficient (Wildman–Crippen LogP) is 4.09. The predicted molar refractivity (Wildman–Crippen MR) is 160 cm³/mol. The van der Waals surface area contributed by atoms with Crippen molar-refractivity contribution in [3.05, 3.63) is 53.1 Å². The molecule has 0 spiro atoms. The first kappa shape index (κ1) is 30.0. The number of benzene rings is 2. The van der Waals surface area contributed by atoms with Crippen molar-refractivity contribution in [3.8, 4) is 23.0 Å². The molecular formula is C33H38N2O9. The highest BCUT2D eigenvalue weighted by atomic mass is 16.6. The lowest BCUT2D eigenvalue weighted by atomic mass is 9.43. The molecule has 3 bridgehead atoms. The van der Waals surface area contributed by atoms with Gasteiger partial charge in [0, 0.05) is 31.7 Å². The molecule has 2 aromatic carbocycles. The Morgan fingerprint density at radius 3 is 2.32 bits per heavy atom. The van der Waals surface area contributed by atoms with E-state index in [9.17, 15) is 9.59 Å². The van der Waals surface area contributed by atoms with Gasteiger partial charge in [-0.05, 0) is 49.2 Å². The average Bonchev–Trinajstić information content (AvgIpc) is 3.41. The van der Waals surface area contributed by atoms with E-state index in [1.807, 2.05) is 25.1 Å². The molecule has 0 N–H and O–H groups in total. The first-order valence-electron chi connectivity index (χ1n) is 14.5. The van der Waals surface area contributed by atoms with Gasteiger partial charge in [-0.1, -0.05) is 11.6 Å². The molecule has 5 atom stereocenters. The monoisotopic (exact) mass is 606 g/mol. The van der Waals surface area contributed by atoms with Crippen molar-refractivity contribution in [2.75, 3.05) is 55.8 Å². The van der Waals surface area contributed by atoms with Crippen molar-refractivity contribution in [1.82, 2.24) is 4.90 Å². The van der Waals surface area contributed by atoms with Gasteiger partial charge in [-0.15, -0.1) is 0 Å². The molecule has 2 saturated heterocycles. The maximum Gasteiger partial charge on any atom is 0.338 e. The highest BCUT2D eigenvalue weighted by Gasteiger charge is 2.75. The number of hydrogen-bond donors (Lipinski definition) is 0. The van der Waals surface area contributed by atoms with E-state index >= 15 is 0 Å². The number of piperidine rings is 2. The van der Waals surface area contributed by atoms with Crippen LogP contribution in [0.1, 0.15) is 35.7 Å². The number of allylic oxidation sites excluding steroid dienone is 1. The molecule has 6 rings (SSSR count). The molecule has 0 amide bonds. The second-order valence-corrected chi connectivity index (χ2v) is 11.5. The smallest absolute Gasteiger partial charge is 0.338 e. The van der Waals surface area contributed by atoms with Crippen LogP contribution >= 0.6 is 0 Å². The van der Waals surface area contributed by atoms with E-state index in [1.165, 1.54) is 40.6 Å². The van der Waals surface area contributed by atoms with Gasteiger partial charge in [-0.2, -0.15) is 0 Å². The summed E-state index contributed by atoms with van der Waals surface area (Å²) in [6, 6.07) is 8.73. The molecule has 3 heterocycles. The number of esters is 2. The van der Waals surface area contributed by atoms with Crippen molar-refractivity contribution in [1.29, 1.82) is 0 Å². The summed E-state index contributed by atoms with van der Waals surface area (Å²) >= 11 is 0. The maximum absolute atomic E-state index is 14.5. The van der Waals surface area contributed by atoms with Crippen molar-refractivity contribution in [2.45, 2.75) is 37.5 Å². The van der Waals surface area contributed by atoms with Crippen molar-refractivity contribution < 1.29 is 42.7 Å². The molecule has 11 heteroatoms. The average molecular weight is 607 g/mol. The van der Waals surface area contributed by atoms with Crippen LogP contribution in [-0.2, 0) is 24.4 Å². The summed E-state index contributed by atoms with van der Waals surface area (Å²) in [6.07, 6.45) is 2.76. The number of nitrogens with zero attached hydrogens (tertiary/aromatic N) is 2. The lowest BCUT2D eigenvalue weighted by Gasteiger charge is -2.65. The third-order valence-corrected chi connectivity index (χ3v) is 10.1. The van der Waals surface area contributed by atoms with Gasteiger partial charge in [0.1, 0.15) is 24.0 Å². The zero-order valence-electron chi connectivity index (χ0n) is 26.1. The van der Waals surface area contributed by atoms with Gasteiger partial charge in [-0.25, -0.2) is 4.79 Å². The molecule has 234 valence electrons. The summed E-state index contributed by atoms with van der Waals surface area (Å²) in [5.74, 6) is 0.211. The maximum atomic E-state index is 14.5. The first-order chi connectivity index (χ1) is 21.3. The van der Waals surface area contributed by atoms with E-state index in [0.29, 0.717) is 42.4 Å². The fourth-order valence-corrected chi connectivity index (χ4v) is 8.13. The van der Waals surface area contributed by atoms with Gasteiger partial charge in [0.2, 0.25) is 5.75 Å². The summed E-state index contributed by atoms with van der Waals surface area (Å²) in [5, 5.41) is 0. The lowest BCUT2D eigenvalue weighted by molar-refractivity contribution is -0.182. The number of aliphatic imine (C=N–C) groups is 1. The highest BCUT2D eigenvalue weighted by molar-refractivity contribution is 6.11. The van der Waals surface area contributed by atoms with E-state index in [1.54, 1.807) is 14.2 Å². The Labute approximate surface area is 256 Å². The van der Waals surface area contributed by atoms with Crippen molar-refractivity contribution >= 4 is 23.3 Å². The minimum atomic E-state index is -1.35. The third-order valence-electron chi connectivity index (χ3n) is 10.1. The van der Waals surface area contributed by atoms with E-state index in [4.69, 9.17) is 38.2 Å². The fourth-order valence-electron chi connectivity index (χ4n) is 8.13. The largest absolute Gasteiger partial charge is 0.497 e. The Bertz CT molecular complexity index is 1540. The number of carbonyl (C=O) groups excluding carboxylic acids is 2.